The van der Waals surface area contributed by atoms with Gasteiger partial charge in [-0.3, -0.25) is 0 Å². The van der Waals surface area contributed by atoms with Gasteiger partial charge in [-0.05, 0) is 27.2 Å². The molecule has 0 amide bonds. The van der Waals surface area contributed by atoms with Crippen LogP contribution in [0.2, 0.25) is 0 Å². The molecule has 0 aliphatic carbocycles. The predicted molar refractivity (Wildman–Crippen MR) is 49.9 cm³/mol. The SMILES string of the molecule is Cc1nccn1C(C)CC(C)N. The van der Waals surface area contributed by atoms with Crippen molar-refractivity contribution in [1.29, 1.82) is 0 Å². The fourth-order valence-corrected chi connectivity index (χ4v) is 1.51. The molecule has 0 saturated heterocycles. The van der Waals surface area contributed by atoms with E-state index in [1.807, 2.05) is 26.2 Å². The minimum atomic E-state index is 0.252. The van der Waals surface area contributed by atoms with E-state index in [1.165, 1.54) is 0 Å². The minimum absolute atomic E-state index is 0.252. The molecule has 3 nitrogen and oxygen atoms in total. The van der Waals surface area contributed by atoms with Gasteiger partial charge < -0.3 is 10.3 Å². The Hall–Kier alpha value is -0.830. The Bertz CT molecular complexity index is 240. The highest BCUT2D eigenvalue weighted by Gasteiger charge is 2.08. The molecular weight excluding hydrogens is 150 g/mol. The highest BCUT2D eigenvalue weighted by atomic mass is 15.1. The van der Waals surface area contributed by atoms with Crippen molar-refractivity contribution in [3.8, 4) is 0 Å². The van der Waals surface area contributed by atoms with Crippen molar-refractivity contribution in [2.24, 2.45) is 5.73 Å². The smallest absolute Gasteiger partial charge is 0.105 e. The molecule has 12 heavy (non-hydrogen) atoms. The Balaban J connectivity index is 2.65. The van der Waals surface area contributed by atoms with Gasteiger partial charge in [-0.15, -0.1) is 0 Å². The Morgan fingerprint density at radius 2 is 2.25 bits per heavy atom. The third-order valence-electron chi connectivity index (χ3n) is 2.05. The molecule has 1 aromatic heterocycles. The molecule has 1 heterocycles. The summed E-state index contributed by atoms with van der Waals surface area (Å²) < 4.78 is 2.16. The largest absolute Gasteiger partial charge is 0.332 e. The topological polar surface area (TPSA) is 43.8 Å². The van der Waals surface area contributed by atoms with Crippen molar-refractivity contribution in [1.82, 2.24) is 9.55 Å². The molecule has 0 bridgehead atoms. The predicted octanol–water partition coefficient (Wildman–Crippen LogP) is 1.49. The molecule has 2 N–H and O–H groups in total. The number of nitrogens with zero attached hydrogens (tertiary/aromatic N) is 2. The first-order valence-corrected chi connectivity index (χ1v) is 4.36. The number of rotatable bonds is 3. The molecule has 0 aliphatic rings. The fourth-order valence-electron chi connectivity index (χ4n) is 1.51. The molecule has 0 fully saturated rings. The first-order valence-electron chi connectivity index (χ1n) is 4.36. The van der Waals surface area contributed by atoms with Gasteiger partial charge in [0.05, 0.1) is 0 Å². The molecule has 1 aromatic rings. The highest BCUT2D eigenvalue weighted by Crippen LogP contribution is 2.13. The zero-order valence-corrected chi connectivity index (χ0v) is 7.99. The van der Waals surface area contributed by atoms with Gasteiger partial charge in [0.1, 0.15) is 5.82 Å². The van der Waals surface area contributed by atoms with Gasteiger partial charge in [-0.1, -0.05) is 0 Å². The lowest BCUT2D eigenvalue weighted by atomic mass is 10.1. The van der Waals surface area contributed by atoms with Gasteiger partial charge in [0.2, 0.25) is 0 Å². The average molecular weight is 167 g/mol. The molecule has 68 valence electrons. The Morgan fingerprint density at radius 1 is 1.58 bits per heavy atom. The zero-order chi connectivity index (χ0) is 9.14. The van der Waals surface area contributed by atoms with E-state index in [0.717, 1.165) is 12.2 Å². The Kier molecular flexibility index (Phi) is 2.87. The first kappa shape index (κ1) is 9.26. The lowest BCUT2D eigenvalue weighted by Gasteiger charge is -2.16. The van der Waals surface area contributed by atoms with Crippen molar-refractivity contribution in [3.63, 3.8) is 0 Å². The lowest BCUT2D eigenvalue weighted by Crippen LogP contribution is -2.20. The number of aromatic nitrogens is 2. The van der Waals surface area contributed by atoms with Crippen molar-refractivity contribution < 1.29 is 0 Å². The van der Waals surface area contributed by atoms with E-state index < -0.39 is 0 Å². The van der Waals surface area contributed by atoms with Gasteiger partial charge in [-0.2, -0.15) is 0 Å². The normalized spacial score (nSPS) is 16.0. The quantitative estimate of drug-likeness (QED) is 0.741. The van der Waals surface area contributed by atoms with Crippen LogP contribution in [-0.4, -0.2) is 15.6 Å². The number of imidazole rings is 1. The second-order valence-corrected chi connectivity index (χ2v) is 3.44. The van der Waals surface area contributed by atoms with E-state index in [2.05, 4.69) is 16.5 Å². The van der Waals surface area contributed by atoms with Crippen LogP contribution in [0.4, 0.5) is 0 Å². The number of hydrogen-bond donors (Lipinski definition) is 1. The number of hydrogen-bond acceptors (Lipinski definition) is 2. The van der Waals surface area contributed by atoms with E-state index in [-0.39, 0.29) is 6.04 Å². The molecular formula is C9H17N3. The van der Waals surface area contributed by atoms with Crippen LogP contribution >= 0.6 is 0 Å². The van der Waals surface area contributed by atoms with Gasteiger partial charge in [-0.25, -0.2) is 4.98 Å². The summed E-state index contributed by atoms with van der Waals surface area (Å²) in [6.07, 6.45) is 4.83. The molecule has 2 unspecified atom stereocenters. The highest BCUT2D eigenvalue weighted by molar-refractivity contribution is 4.91. The Morgan fingerprint density at radius 3 is 2.67 bits per heavy atom. The van der Waals surface area contributed by atoms with Crippen molar-refractivity contribution in [3.05, 3.63) is 18.2 Å². The summed E-state index contributed by atoms with van der Waals surface area (Å²) in [6.45, 7) is 6.21. The van der Waals surface area contributed by atoms with Gasteiger partial charge in [0, 0.05) is 24.5 Å². The molecule has 0 radical (unpaired) electrons. The summed E-state index contributed by atoms with van der Waals surface area (Å²) >= 11 is 0. The maximum Gasteiger partial charge on any atom is 0.105 e. The van der Waals surface area contributed by atoms with Crippen LogP contribution in [0.25, 0.3) is 0 Å². The van der Waals surface area contributed by atoms with Crippen LogP contribution in [0.3, 0.4) is 0 Å². The Labute approximate surface area is 73.6 Å². The van der Waals surface area contributed by atoms with Crippen molar-refractivity contribution in [2.75, 3.05) is 0 Å². The van der Waals surface area contributed by atoms with Crippen LogP contribution in [0.5, 0.6) is 0 Å². The second-order valence-electron chi connectivity index (χ2n) is 3.44. The average Bonchev–Trinajstić information content (AvgIpc) is 2.33. The summed E-state index contributed by atoms with van der Waals surface area (Å²) in [4.78, 5) is 4.17. The van der Waals surface area contributed by atoms with E-state index in [4.69, 9.17) is 5.73 Å². The minimum Gasteiger partial charge on any atom is -0.332 e. The zero-order valence-electron chi connectivity index (χ0n) is 7.99. The molecule has 0 spiro atoms. The number of aryl methyl sites for hydroxylation is 1. The monoisotopic (exact) mass is 167 g/mol. The summed E-state index contributed by atoms with van der Waals surface area (Å²) in [7, 11) is 0. The van der Waals surface area contributed by atoms with E-state index >= 15 is 0 Å². The van der Waals surface area contributed by atoms with Crippen molar-refractivity contribution in [2.45, 2.75) is 39.3 Å². The van der Waals surface area contributed by atoms with Crippen LogP contribution in [0.15, 0.2) is 12.4 Å². The third-order valence-corrected chi connectivity index (χ3v) is 2.05. The molecule has 0 aliphatic heterocycles. The van der Waals surface area contributed by atoms with Crippen molar-refractivity contribution >= 4 is 0 Å². The fraction of sp³-hybridized carbons (Fsp3) is 0.667. The van der Waals surface area contributed by atoms with Gasteiger partial charge in [0.25, 0.3) is 0 Å². The summed E-state index contributed by atoms with van der Waals surface area (Å²) in [5, 5.41) is 0. The summed E-state index contributed by atoms with van der Waals surface area (Å²) in [6, 6.07) is 0.703. The summed E-state index contributed by atoms with van der Waals surface area (Å²) in [5.41, 5.74) is 5.72. The second kappa shape index (κ2) is 3.72. The summed E-state index contributed by atoms with van der Waals surface area (Å²) in [5.74, 6) is 1.06. The van der Waals surface area contributed by atoms with E-state index in [9.17, 15) is 0 Å². The maximum absolute atomic E-state index is 5.72. The van der Waals surface area contributed by atoms with Gasteiger partial charge in [0.15, 0.2) is 0 Å². The standard InChI is InChI=1S/C9H17N3/c1-7(10)6-8(2)12-5-4-11-9(12)3/h4-5,7-8H,6,10H2,1-3H3. The van der Waals surface area contributed by atoms with Crippen LogP contribution < -0.4 is 5.73 Å². The van der Waals surface area contributed by atoms with Crippen LogP contribution in [0, 0.1) is 6.92 Å². The molecule has 0 aromatic carbocycles. The van der Waals surface area contributed by atoms with E-state index in [1.54, 1.807) is 0 Å². The third kappa shape index (κ3) is 2.08. The molecule has 1 rings (SSSR count). The molecule has 3 heteroatoms. The molecule has 0 saturated carbocycles. The molecule has 2 atom stereocenters. The van der Waals surface area contributed by atoms with E-state index in [0.29, 0.717) is 6.04 Å². The lowest BCUT2D eigenvalue weighted by molar-refractivity contribution is 0.457. The van der Waals surface area contributed by atoms with Crippen LogP contribution in [0.1, 0.15) is 32.1 Å². The van der Waals surface area contributed by atoms with Gasteiger partial charge >= 0.3 is 0 Å². The van der Waals surface area contributed by atoms with Crippen LogP contribution in [-0.2, 0) is 0 Å². The first-order chi connectivity index (χ1) is 5.61. The maximum atomic E-state index is 5.72. The number of nitrogens with two attached hydrogens (primary N) is 1.